The summed E-state index contributed by atoms with van der Waals surface area (Å²) in [5.41, 5.74) is 7.61. The molecule has 1 aliphatic rings. The Morgan fingerprint density at radius 3 is 2.74 bits per heavy atom. The van der Waals surface area contributed by atoms with Crippen LogP contribution in [0.5, 0.6) is 0 Å². The number of nitrogens with two attached hydrogens (primary N) is 1. The maximum Gasteiger partial charge on any atom is 0.255 e. The van der Waals surface area contributed by atoms with Crippen LogP contribution in [0.1, 0.15) is 35.0 Å². The lowest BCUT2D eigenvalue weighted by molar-refractivity contribution is 0.0696. The highest BCUT2D eigenvalue weighted by molar-refractivity contribution is 5.99. The number of piperidine rings is 1. The maximum atomic E-state index is 13.1. The van der Waals surface area contributed by atoms with Crippen molar-refractivity contribution in [2.45, 2.75) is 18.8 Å². The van der Waals surface area contributed by atoms with Crippen molar-refractivity contribution in [1.82, 2.24) is 15.0 Å². The van der Waals surface area contributed by atoms with Gasteiger partial charge in [-0.05, 0) is 49.2 Å². The predicted octanol–water partition coefficient (Wildman–Crippen LogP) is 3.48. The van der Waals surface area contributed by atoms with Crippen LogP contribution in [0.3, 0.4) is 0 Å². The first-order chi connectivity index (χ1) is 13.1. The quantitative estimate of drug-likeness (QED) is 0.717. The van der Waals surface area contributed by atoms with Crippen molar-refractivity contribution in [3.8, 4) is 11.4 Å². The van der Waals surface area contributed by atoms with Crippen molar-refractivity contribution in [2.24, 2.45) is 0 Å². The summed E-state index contributed by atoms with van der Waals surface area (Å²) in [5.74, 6) is 0.475. The summed E-state index contributed by atoms with van der Waals surface area (Å²) >= 11 is 0. The van der Waals surface area contributed by atoms with Gasteiger partial charge in [-0.2, -0.15) is 4.98 Å². The molecular formula is C20H19FN4O2. The third kappa shape index (κ3) is 3.53. The molecule has 2 aromatic carbocycles. The van der Waals surface area contributed by atoms with E-state index < -0.39 is 0 Å². The molecule has 1 amide bonds. The van der Waals surface area contributed by atoms with Gasteiger partial charge >= 0.3 is 0 Å². The predicted molar refractivity (Wildman–Crippen MR) is 98.4 cm³/mol. The average Bonchev–Trinajstić information content (AvgIpc) is 3.19. The molecule has 0 aliphatic carbocycles. The van der Waals surface area contributed by atoms with Gasteiger partial charge < -0.3 is 15.2 Å². The van der Waals surface area contributed by atoms with Gasteiger partial charge in [0, 0.05) is 24.3 Å². The number of likely N-dealkylation sites (tertiary alicyclic amines) is 1. The second-order valence-electron chi connectivity index (χ2n) is 6.64. The van der Waals surface area contributed by atoms with E-state index in [0.29, 0.717) is 41.6 Å². The highest BCUT2D eigenvalue weighted by Crippen LogP contribution is 2.29. The lowest BCUT2D eigenvalue weighted by Gasteiger charge is -2.31. The van der Waals surface area contributed by atoms with Crippen LogP contribution in [0, 0.1) is 5.82 Å². The van der Waals surface area contributed by atoms with Gasteiger partial charge in [0.15, 0.2) is 0 Å². The lowest BCUT2D eigenvalue weighted by Crippen LogP contribution is -2.39. The van der Waals surface area contributed by atoms with Gasteiger partial charge in [0.2, 0.25) is 11.7 Å². The fraction of sp³-hybridized carbons (Fsp3) is 0.250. The van der Waals surface area contributed by atoms with Gasteiger partial charge in [-0.3, -0.25) is 4.79 Å². The number of amides is 1. The molecule has 0 spiro atoms. The number of rotatable bonds is 3. The average molecular weight is 366 g/mol. The smallest absolute Gasteiger partial charge is 0.255 e. The fourth-order valence-electron chi connectivity index (χ4n) is 3.34. The summed E-state index contributed by atoms with van der Waals surface area (Å²) in [5, 5.41) is 4.00. The first-order valence-corrected chi connectivity index (χ1v) is 8.85. The molecule has 7 heteroatoms. The molecule has 2 N–H and O–H groups in total. The molecule has 1 fully saturated rings. The highest BCUT2D eigenvalue weighted by atomic mass is 19.1. The summed E-state index contributed by atoms with van der Waals surface area (Å²) in [7, 11) is 0. The molecule has 1 unspecified atom stereocenters. The number of carbonyl (C=O) groups excluding carboxylic acids is 1. The van der Waals surface area contributed by atoms with E-state index in [0.717, 1.165) is 12.8 Å². The SMILES string of the molecule is Nc1ccccc1C(=O)N1CCCC(c2nc(-c3ccc(F)cc3)no2)C1. The maximum absolute atomic E-state index is 13.1. The van der Waals surface area contributed by atoms with Crippen LogP contribution in [-0.2, 0) is 0 Å². The van der Waals surface area contributed by atoms with Crippen LogP contribution in [0.2, 0.25) is 0 Å². The largest absolute Gasteiger partial charge is 0.398 e. The van der Waals surface area contributed by atoms with Crippen LogP contribution >= 0.6 is 0 Å². The van der Waals surface area contributed by atoms with Gasteiger partial charge in [-0.15, -0.1) is 0 Å². The van der Waals surface area contributed by atoms with Gasteiger partial charge in [-0.1, -0.05) is 17.3 Å². The summed E-state index contributed by atoms with van der Waals surface area (Å²) in [6, 6.07) is 13.0. The zero-order chi connectivity index (χ0) is 18.8. The second kappa shape index (κ2) is 7.19. The summed E-state index contributed by atoms with van der Waals surface area (Å²) in [6.45, 7) is 1.17. The van der Waals surface area contributed by atoms with Gasteiger partial charge in [0.1, 0.15) is 5.82 Å². The minimum absolute atomic E-state index is 0.0330. The molecule has 1 atom stereocenters. The van der Waals surface area contributed by atoms with E-state index in [-0.39, 0.29) is 17.6 Å². The number of hydrogen-bond acceptors (Lipinski definition) is 5. The zero-order valence-corrected chi connectivity index (χ0v) is 14.6. The molecule has 0 radical (unpaired) electrons. The Morgan fingerprint density at radius 1 is 1.19 bits per heavy atom. The first kappa shape index (κ1) is 17.2. The van der Waals surface area contributed by atoms with Crippen LogP contribution in [0.4, 0.5) is 10.1 Å². The van der Waals surface area contributed by atoms with Crippen LogP contribution in [0.25, 0.3) is 11.4 Å². The van der Waals surface area contributed by atoms with Gasteiger partial charge in [0.25, 0.3) is 5.91 Å². The molecule has 27 heavy (non-hydrogen) atoms. The van der Waals surface area contributed by atoms with E-state index in [1.807, 2.05) is 0 Å². The normalized spacial score (nSPS) is 17.1. The van der Waals surface area contributed by atoms with Gasteiger partial charge in [0.05, 0.1) is 11.5 Å². The van der Waals surface area contributed by atoms with E-state index >= 15 is 0 Å². The van der Waals surface area contributed by atoms with Crippen LogP contribution in [-0.4, -0.2) is 34.0 Å². The van der Waals surface area contributed by atoms with E-state index in [2.05, 4.69) is 10.1 Å². The molecule has 4 rings (SSSR count). The number of nitrogens with zero attached hydrogens (tertiary/aromatic N) is 3. The number of nitrogen functional groups attached to an aromatic ring is 1. The third-order valence-electron chi connectivity index (χ3n) is 4.79. The third-order valence-corrected chi connectivity index (χ3v) is 4.79. The van der Waals surface area contributed by atoms with Crippen LogP contribution < -0.4 is 5.73 Å². The van der Waals surface area contributed by atoms with Crippen molar-refractivity contribution in [1.29, 1.82) is 0 Å². The number of carbonyl (C=O) groups is 1. The number of benzene rings is 2. The molecule has 2 heterocycles. The molecule has 3 aromatic rings. The Hall–Kier alpha value is -3.22. The molecule has 138 valence electrons. The van der Waals surface area contributed by atoms with E-state index in [1.54, 1.807) is 41.3 Å². The Labute approximate surface area is 155 Å². The minimum Gasteiger partial charge on any atom is -0.398 e. The van der Waals surface area contributed by atoms with Crippen molar-refractivity contribution in [3.05, 3.63) is 65.8 Å². The highest BCUT2D eigenvalue weighted by Gasteiger charge is 2.29. The summed E-state index contributed by atoms with van der Waals surface area (Å²) in [6.07, 6.45) is 1.70. The number of aromatic nitrogens is 2. The van der Waals surface area contributed by atoms with Crippen molar-refractivity contribution >= 4 is 11.6 Å². The number of halogens is 1. The zero-order valence-electron chi connectivity index (χ0n) is 14.6. The molecule has 1 saturated heterocycles. The van der Waals surface area contributed by atoms with Gasteiger partial charge in [-0.25, -0.2) is 4.39 Å². The minimum atomic E-state index is -0.316. The number of anilines is 1. The standard InChI is InChI=1S/C20H19FN4O2/c21-15-9-7-13(8-10-15)18-23-19(27-24-18)14-4-3-11-25(12-14)20(26)16-5-1-2-6-17(16)22/h1-2,5-10,14H,3-4,11-12,22H2. The molecule has 0 saturated carbocycles. The second-order valence-corrected chi connectivity index (χ2v) is 6.64. The Bertz CT molecular complexity index is 955. The van der Waals surface area contributed by atoms with Crippen molar-refractivity contribution in [3.63, 3.8) is 0 Å². The summed E-state index contributed by atoms with van der Waals surface area (Å²) in [4.78, 5) is 19.0. The lowest BCUT2D eigenvalue weighted by atomic mass is 9.97. The van der Waals surface area contributed by atoms with E-state index in [9.17, 15) is 9.18 Å². The van der Waals surface area contributed by atoms with Crippen LogP contribution in [0.15, 0.2) is 53.1 Å². The first-order valence-electron chi connectivity index (χ1n) is 8.85. The monoisotopic (exact) mass is 366 g/mol. The topological polar surface area (TPSA) is 85.3 Å². The number of hydrogen-bond donors (Lipinski definition) is 1. The van der Waals surface area contributed by atoms with E-state index in [1.165, 1.54) is 12.1 Å². The molecule has 6 nitrogen and oxygen atoms in total. The van der Waals surface area contributed by atoms with E-state index in [4.69, 9.17) is 10.3 Å². The molecule has 0 bridgehead atoms. The molecular weight excluding hydrogens is 347 g/mol. The van der Waals surface area contributed by atoms with Crippen molar-refractivity contribution in [2.75, 3.05) is 18.8 Å². The molecule has 1 aromatic heterocycles. The Morgan fingerprint density at radius 2 is 1.96 bits per heavy atom. The van der Waals surface area contributed by atoms with Crippen molar-refractivity contribution < 1.29 is 13.7 Å². The molecule has 1 aliphatic heterocycles. The number of para-hydroxylation sites is 1. The fourth-order valence-corrected chi connectivity index (χ4v) is 3.34. The summed E-state index contributed by atoms with van der Waals surface area (Å²) < 4.78 is 18.5. The Balaban J connectivity index is 1.51. The Kier molecular flexibility index (Phi) is 4.58.